The van der Waals surface area contributed by atoms with Crippen LogP contribution < -0.4 is 5.32 Å². The molecule has 0 aliphatic carbocycles. The van der Waals surface area contributed by atoms with E-state index in [1.165, 1.54) is 12.0 Å². The number of rotatable bonds is 9. The third-order valence-electron chi connectivity index (χ3n) is 3.45. The van der Waals surface area contributed by atoms with Gasteiger partial charge >= 0.3 is 0 Å². The van der Waals surface area contributed by atoms with Gasteiger partial charge in [-0.15, -0.1) is 0 Å². The lowest BCUT2D eigenvalue weighted by Crippen LogP contribution is -2.39. The number of aryl methyl sites for hydroxylation is 1. The van der Waals surface area contributed by atoms with Gasteiger partial charge in [-0.05, 0) is 43.9 Å². The van der Waals surface area contributed by atoms with Crippen molar-refractivity contribution < 1.29 is 10.2 Å². The summed E-state index contributed by atoms with van der Waals surface area (Å²) in [5.74, 6) is 0.315. The van der Waals surface area contributed by atoms with Crippen LogP contribution in [-0.4, -0.2) is 28.9 Å². The van der Waals surface area contributed by atoms with Crippen LogP contribution in [0, 0.1) is 0 Å². The minimum absolute atomic E-state index is 0.212. The van der Waals surface area contributed by atoms with Gasteiger partial charge in [-0.1, -0.05) is 31.9 Å². The number of phenols is 1. The summed E-state index contributed by atoms with van der Waals surface area (Å²) < 4.78 is 0. The first-order valence-electron chi connectivity index (χ1n) is 7.30. The predicted octanol–water partition coefficient (Wildman–Crippen LogP) is 2.85. The lowest BCUT2D eigenvalue weighted by Gasteiger charge is -2.21. The molecule has 0 aliphatic heterocycles. The Balaban J connectivity index is 2.29. The van der Waals surface area contributed by atoms with E-state index < -0.39 is 0 Å². The molecule has 0 radical (unpaired) electrons. The number of aliphatic hydroxyl groups excluding tert-OH is 1. The van der Waals surface area contributed by atoms with Gasteiger partial charge in [-0.25, -0.2) is 0 Å². The second-order valence-electron chi connectivity index (χ2n) is 5.29. The van der Waals surface area contributed by atoms with E-state index in [-0.39, 0.29) is 12.6 Å². The lowest BCUT2D eigenvalue weighted by atomic mass is 10.0. The number of hydrogen-bond acceptors (Lipinski definition) is 3. The molecule has 0 heterocycles. The van der Waals surface area contributed by atoms with E-state index in [1.54, 1.807) is 12.1 Å². The second-order valence-corrected chi connectivity index (χ2v) is 5.29. The van der Waals surface area contributed by atoms with E-state index in [2.05, 4.69) is 19.2 Å². The zero-order valence-corrected chi connectivity index (χ0v) is 12.1. The highest BCUT2D eigenvalue weighted by atomic mass is 16.3. The summed E-state index contributed by atoms with van der Waals surface area (Å²) in [4.78, 5) is 0. The van der Waals surface area contributed by atoms with E-state index in [0.717, 1.165) is 25.7 Å². The fourth-order valence-corrected chi connectivity index (χ4v) is 2.21. The molecule has 0 bridgehead atoms. The Morgan fingerprint density at radius 2 is 1.84 bits per heavy atom. The van der Waals surface area contributed by atoms with Crippen molar-refractivity contribution >= 4 is 0 Å². The van der Waals surface area contributed by atoms with Crippen LogP contribution in [0.4, 0.5) is 0 Å². The molecule has 0 fully saturated rings. The molecule has 19 heavy (non-hydrogen) atoms. The van der Waals surface area contributed by atoms with E-state index in [1.807, 2.05) is 12.1 Å². The molecule has 2 unspecified atom stereocenters. The van der Waals surface area contributed by atoms with Crippen LogP contribution in [-0.2, 0) is 6.42 Å². The number of benzene rings is 1. The molecule has 0 aromatic heterocycles. The molecule has 0 saturated heterocycles. The van der Waals surface area contributed by atoms with Crippen LogP contribution >= 0.6 is 0 Å². The summed E-state index contributed by atoms with van der Waals surface area (Å²) in [6.07, 6.45) is 5.38. The Morgan fingerprint density at radius 3 is 2.42 bits per heavy atom. The first-order chi connectivity index (χ1) is 9.15. The van der Waals surface area contributed by atoms with Gasteiger partial charge in [0.1, 0.15) is 5.75 Å². The number of nitrogens with one attached hydrogen (secondary N) is 1. The highest BCUT2D eigenvalue weighted by Gasteiger charge is 2.10. The van der Waals surface area contributed by atoms with Crippen LogP contribution in [0.25, 0.3) is 0 Å². The minimum atomic E-state index is 0.212. The molecule has 1 aromatic carbocycles. The zero-order valence-electron chi connectivity index (χ0n) is 12.1. The van der Waals surface area contributed by atoms with Gasteiger partial charge in [0, 0.05) is 12.1 Å². The van der Waals surface area contributed by atoms with Gasteiger partial charge in [-0.3, -0.25) is 0 Å². The number of unbranched alkanes of at least 4 members (excludes halogenated alkanes) is 1. The molecule has 3 heteroatoms. The summed E-state index contributed by atoms with van der Waals surface area (Å²) in [5, 5.41) is 22.0. The molecular formula is C16H27NO2. The van der Waals surface area contributed by atoms with Gasteiger partial charge in [0.15, 0.2) is 0 Å². The topological polar surface area (TPSA) is 52.5 Å². The molecule has 0 aliphatic rings. The van der Waals surface area contributed by atoms with Crippen molar-refractivity contribution in [3.8, 4) is 5.75 Å². The van der Waals surface area contributed by atoms with E-state index in [4.69, 9.17) is 0 Å². The average molecular weight is 265 g/mol. The average Bonchev–Trinajstić information content (AvgIpc) is 2.42. The summed E-state index contributed by atoms with van der Waals surface area (Å²) in [6.45, 7) is 4.54. The Labute approximate surface area is 116 Å². The first kappa shape index (κ1) is 16.0. The Kier molecular flexibility index (Phi) is 7.53. The Hall–Kier alpha value is -1.06. The molecular weight excluding hydrogens is 238 g/mol. The molecule has 1 aromatic rings. The smallest absolute Gasteiger partial charge is 0.115 e. The number of hydrogen-bond donors (Lipinski definition) is 3. The lowest BCUT2D eigenvalue weighted by molar-refractivity contribution is 0.222. The van der Waals surface area contributed by atoms with E-state index in [9.17, 15) is 10.2 Å². The van der Waals surface area contributed by atoms with Gasteiger partial charge in [-0.2, -0.15) is 0 Å². The highest BCUT2D eigenvalue weighted by Crippen LogP contribution is 2.12. The van der Waals surface area contributed by atoms with Crippen molar-refractivity contribution in [3.05, 3.63) is 29.8 Å². The maximum Gasteiger partial charge on any atom is 0.115 e. The number of phenolic OH excluding ortho intramolecular Hbond substituents is 1. The standard InChI is InChI=1S/C16H27NO2/c1-3-4-5-15(12-18)17-13(2)6-7-14-8-10-16(19)11-9-14/h8-11,13,15,17-19H,3-7,12H2,1-2H3. The molecule has 1 rings (SSSR count). The van der Waals surface area contributed by atoms with Gasteiger partial charge < -0.3 is 15.5 Å². The Morgan fingerprint density at radius 1 is 1.16 bits per heavy atom. The molecule has 108 valence electrons. The van der Waals surface area contributed by atoms with Crippen molar-refractivity contribution in [2.24, 2.45) is 0 Å². The number of aromatic hydroxyl groups is 1. The second kappa shape index (κ2) is 8.94. The molecule has 2 atom stereocenters. The summed E-state index contributed by atoms with van der Waals surface area (Å²) in [6, 6.07) is 7.99. The third-order valence-corrected chi connectivity index (χ3v) is 3.45. The van der Waals surface area contributed by atoms with E-state index in [0.29, 0.717) is 11.8 Å². The van der Waals surface area contributed by atoms with Crippen molar-refractivity contribution in [2.75, 3.05) is 6.61 Å². The normalized spacial score (nSPS) is 14.3. The molecule has 3 N–H and O–H groups in total. The van der Waals surface area contributed by atoms with Crippen LogP contribution in [0.2, 0.25) is 0 Å². The van der Waals surface area contributed by atoms with Crippen molar-refractivity contribution in [1.29, 1.82) is 0 Å². The summed E-state index contributed by atoms with van der Waals surface area (Å²) in [5.41, 5.74) is 1.24. The van der Waals surface area contributed by atoms with Crippen LogP contribution in [0.15, 0.2) is 24.3 Å². The Bertz CT molecular complexity index is 337. The maximum absolute atomic E-state index is 9.33. The fraction of sp³-hybridized carbons (Fsp3) is 0.625. The fourth-order valence-electron chi connectivity index (χ4n) is 2.21. The quantitative estimate of drug-likeness (QED) is 0.643. The third kappa shape index (κ3) is 6.60. The predicted molar refractivity (Wildman–Crippen MR) is 79.4 cm³/mol. The van der Waals surface area contributed by atoms with Gasteiger partial charge in [0.05, 0.1) is 6.61 Å². The largest absolute Gasteiger partial charge is 0.508 e. The minimum Gasteiger partial charge on any atom is -0.508 e. The van der Waals surface area contributed by atoms with Gasteiger partial charge in [0.2, 0.25) is 0 Å². The monoisotopic (exact) mass is 265 g/mol. The summed E-state index contributed by atoms with van der Waals surface area (Å²) >= 11 is 0. The van der Waals surface area contributed by atoms with Gasteiger partial charge in [0.25, 0.3) is 0 Å². The number of aliphatic hydroxyl groups is 1. The van der Waals surface area contributed by atoms with Crippen molar-refractivity contribution in [2.45, 2.75) is 58.0 Å². The molecule has 0 amide bonds. The summed E-state index contributed by atoms with van der Waals surface area (Å²) in [7, 11) is 0. The molecule has 0 saturated carbocycles. The highest BCUT2D eigenvalue weighted by molar-refractivity contribution is 5.25. The maximum atomic E-state index is 9.33. The van der Waals surface area contributed by atoms with Crippen LogP contribution in [0.3, 0.4) is 0 Å². The molecule has 0 spiro atoms. The van der Waals surface area contributed by atoms with Crippen LogP contribution in [0.5, 0.6) is 5.75 Å². The molecule has 3 nitrogen and oxygen atoms in total. The van der Waals surface area contributed by atoms with Crippen molar-refractivity contribution in [3.63, 3.8) is 0 Å². The van der Waals surface area contributed by atoms with Crippen LogP contribution in [0.1, 0.15) is 45.1 Å². The van der Waals surface area contributed by atoms with Crippen molar-refractivity contribution in [1.82, 2.24) is 5.32 Å². The first-order valence-corrected chi connectivity index (χ1v) is 7.30. The SMILES string of the molecule is CCCCC(CO)NC(C)CCc1ccc(O)cc1. The van der Waals surface area contributed by atoms with E-state index >= 15 is 0 Å². The zero-order chi connectivity index (χ0) is 14.1.